The molecule has 1 fully saturated rings. The third kappa shape index (κ3) is 3.63. The Hall–Kier alpha value is -3.29. The Labute approximate surface area is 141 Å². The van der Waals surface area contributed by atoms with Gasteiger partial charge in [0.2, 0.25) is 5.91 Å². The molecule has 6 nitrogen and oxygen atoms in total. The molecule has 0 radical (unpaired) electrons. The van der Waals surface area contributed by atoms with Crippen molar-refractivity contribution in [2.24, 2.45) is 0 Å². The topological polar surface area (TPSA) is 78.5 Å². The maximum Gasteiger partial charge on any atom is 0.324 e. The van der Waals surface area contributed by atoms with E-state index in [1.807, 2.05) is 0 Å². The molecule has 128 valence electrons. The van der Waals surface area contributed by atoms with Crippen LogP contribution in [0, 0.1) is 11.6 Å². The summed E-state index contributed by atoms with van der Waals surface area (Å²) >= 11 is 0. The molecule has 0 bridgehead atoms. The molecular weight excluding hydrogens is 332 g/mol. The average Bonchev–Trinajstić information content (AvgIpc) is 2.89. The van der Waals surface area contributed by atoms with Crippen LogP contribution in [0.2, 0.25) is 0 Å². The first-order valence-corrected chi connectivity index (χ1v) is 7.37. The zero-order chi connectivity index (χ0) is 18.0. The molecule has 0 atom stereocenters. The van der Waals surface area contributed by atoms with Gasteiger partial charge in [0.25, 0.3) is 5.91 Å². The van der Waals surface area contributed by atoms with Crippen molar-refractivity contribution in [1.29, 1.82) is 0 Å². The summed E-state index contributed by atoms with van der Waals surface area (Å²) in [5.74, 6) is -2.58. The van der Waals surface area contributed by atoms with E-state index >= 15 is 0 Å². The molecule has 8 heteroatoms. The summed E-state index contributed by atoms with van der Waals surface area (Å²) in [6, 6.07) is 8.59. The number of urea groups is 1. The standard InChI is InChI=1S/C17H13F2N3O3/c18-12-4-5-14(13(19)7-12)21-16(24)11-3-1-2-10(6-11)9-22-15(23)8-20-17(22)25/h1-7H,8-9H2,(H,20,25)(H,21,24). The van der Waals surface area contributed by atoms with Crippen molar-refractivity contribution in [1.82, 2.24) is 10.2 Å². The van der Waals surface area contributed by atoms with Crippen molar-refractivity contribution in [3.8, 4) is 0 Å². The van der Waals surface area contributed by atoms with E-state index < -0.39 is 23.6 Å². The molecule has 1 aliphatic heterocycles. The minimum Gasteiger partial charge on any atom is -0.329 e. The van der Waals surface area contributed by atoms with Crippen molar-refractivity contribution in [2.45, 2.75) is 6.54 Å². The molecule has 2 aromatic carbocycles. The van der Waals surface area contributed by atoms with Crippen molar-refractivity contribution in [2.75, 3.05) is 11.9 Å². The van der Waals surface area contributed by atoms with E-state index in [0.29, 0.717) is 11.6 Å². The third-order valence-corrected chi connectivity index (χ3v) is 3.65. The van der Waals surface area contributed by atoms with E-state index in [0.717, 1.165) is 17.0 Å². The van der Waals surface area contributed by atoms with E-state index in [2.05, 4.69) is 10.6 Å². The van der Waals surface area contributed by atoms with Crippen LogP contribution >= 0.6 is 0 Å². The highest BCUT2D eigenvalue weighted by Gasteiger charge is 2.28. The van der Waals surface area contributed by atoms with Gasteiger partial charge in [0.15, 0.2) is 0 Å². The van der Waals surface area contributed by atoms with E-state index in [1.165, 1.54) is 12.1 Å². The number of imide groups is 1. The Morgan fingerprint density at radius 2 is 1.96 bits per heavy atom. The Bertz CT molecular complexity index is 854. The minimum absolute atomic E-state index is 0.0245. The number of rotatable bonds is 4. The predicted octanol–water partition coefficient (Wildman–Crippen LogP) is 2.27. The van der Waals surface area contributed by atoms with Gasteiger partial charge in [0.1, 0.15) is 11.6 Å². The van der Waals surface area contributed by atoms with Gasteiger partial charge in [-0.1, -0.05) is 12.1 Å². The maximum absolute atomic E-state index is 13.6. The number of nitrogens with one attached hydrogen (secondary N) is 2. The predicted molar refractivity (Wildman–Crippen MR) is 84.7 cm³/mol. The summed E-state index contributed by atoms with van der Waals surface area (Å²) in [5.41, 5.74) is 0.636. The summed E-state index contributed by atoms with van der Waals surface area (Å²) < 4.78 is 26.5. The third-order valence-electron chi connectivity index (χ3n) is 3.65. The molecule has 3 rings (SSSR count). The van der Waals surface area contributed by atoms with Gasteiger partial charge in [0.05, 0.1) is 18.8 Å². The number of benzene rings is 2. The molecular formula is C17H13F2N3O3. The quantitative estimate of drug-likeness (QED) is 0.835. The molecule has 25 heavy (non-hydrogen) atoms. The lowest BCUT2D eigenvalue weighted by Gasteiger charge is -2.13. The van der Waals surface area contributed by atoms with Gasteiger partial charge >= 0.3 is 6.03 Å². The molecule has 1 heterocycles. The van der Waals surface area contributed by atoms with Crippen LogP contribution in [-0.4, -0.2) is 29.3 Å². The number of anilines is 1. The first kappa shape index (κ1) is 16.6. The second kappa shape index (κ2) is 6.68. The van der Waals surface area contributed by atoms with E-state index in [1.54, 1.807) is 12.1 Å². The minimum atomic E-state index is -0.885. The second-order valence-corrected chi connectivity index (χ2v) is 5.42. The number of amides is 4. The Morgan fingerprint density at radius 3 is 2.64 bits per heavy atom. The summed E-state index contributed by atoms with van der Waals surface area (Å²) in [6.45, 7) is -0.0282. The zero-order valence-electron chi connectivity index (χ0n) is 12.9. The number of carbonyl (C=O) groups is 3. The Morgan fingerprint density at radius 1 is 1.16 bits per heavy atom. The van der Waals surface area contributed by atoms with Gasteiger partial charge in [-0.3, -0.25) is 14.5 Å². The second-order valence-electron chi connectivity index (χ2n) is 5.42. The largest absolute Gasteiger partial charge is 0.329 e. The molecule has 1 aliphatic rings. The van der Waals surface area contributed by atoms with Crippen LogP contribution in [-0.2, 0) is 11.3 Å². The van der Waals surface area contributed by atoms with E-state index in [9.17, 15) is 23.2 Å². The van der Waals surface area contributed by atoms with Crippen LogP contribution in [0.1, 0.15) is 15.9 Å². The van der Waals surface area contributed by atoms with E-state index in [4.69, 9.17) is 0 Å². The molecule has 0 saturated carbocycles. The normalized spacial score (nSPS) is 13.8. The highest BCUT2D eigenvalue weighted by molar-refractivity contribution is 6.04. The van der Waals surface area contributed by atoms with Crippen molar-refractivity contribution in [3.63, 3.8) is 0 Å². The lowest BCUT2D eigenvalue weighted by atomic mass is 10.1. The molecule has 2 N–H and O–H groups in total. The smallest absolute Gasteiger partial charge is 0.324 e. The van der Waals surface area contributed by atoms with Gasteiger partial charge in [-0.05, 0) is 29.8 Å². The molecule has 4 amide bonds. The fourth-order valence-corrected chi connectivity index (χ4v) is 2.39. The molecule has 0 spiro atoms. The average molecular weight is 345 g/mol. The number of nitrogens with zero attached hydrogens (tertiary/aromatic N) is 1. The highest BCUT2D eigenvalue weighted by atomic mass is 19.1. The SMILES string of the molecule is O=C(Nc1ccc(F)cc1F)c1cccc(CN2C(=O)CNC2=O)c1. The molecule has 0 aliphatic carbocycles. The Kier molecular flexibility index (Phi) is 4.42. The van der Waals surface area contributed by atoms with Crippen LogP contribution in [0.3, 0.4) is 0 Å². The van der Waals surface area contributed by atoms with Crippen LogP contribution < -0.4 is 10.6 Å². The Balaban J connectivity index is 1.75. The number of halogens is 2. The fourth-order valence-electron chi connectivity index (χ4n) is 2.39. The van der Waals surface area contributed by atoms with Crippen molar-refractivity contribution >= 4 is 23.5 Å². The fraction of sp³-hybridized carbons (Fsp3) is 0.118. The zero-order valence-corrected chi connectivity index (χ0v) is 12.9. The van der Waals surface area contributed by atoms with Gasteiger partial charge < -0.3 is 10.6 Å². The summed E-state index contributed by atoms with van der Waals surface area (Å²) in [4.78, 5) is 36.4. The van der Waals surface area contributed by atoms with Crippen molar-refractivity contribution in [3.05, 3.63) is 65.2 Å². The lowest BCUT2D eigenvalue weighted by Crippen LogP contribution is -2.30. The van der Waals surface area contributed by atoms with Gasteiger partial charge in [-0.15, -0.1) is 0 Å². The van der Waals surface area contributed by atoms with Crippen LogP contribution in [0.4, 0.5) is 19.3 Å². The summed E-state index contributed by atoms with van der Waals surface area (Å²) in [6.07, 6.45) is 0. The summed E-state index contributed by atoms with van der Waals surface area (Å²) in [5, 5.41) is 4.76. The molecule has 0 unspecified atom stereocenters. The van der Waals surface area contributed by atoms with Gasteiger partial charge in [0, 0.05) is 11.6 Å². The summed E-state index contributed by atoms with van der Waals surface area (Å²) in [7, 11) is 0. The van der Waals surface area contributed by atoms with Gasteiger partial charge in [-0.25, -0.2) is 13.6 Å². The molecule has 1 saturated heterocycles. The van der Waals surface area contributed by atoms with Crippen LogP contribution in [0.15, 0.2) is 42.5 Å². The highest BCUT2D eigenvalue weighted by Crippen LogP contribution is 2.17. The first-order chi connectivity index (χ1) is 11.9. The van der Waals surface area contributed by atoms with Crippen molar-refractivity contribution < 1.29 is 23.2 Å². The monoisotopic (exact) mass is 345 g/mol. The van der Waals surface area contributed by atoms with E-state index in [-0.39, 0.29) is 30.2 Å². The number of hydrogen-bond donors (Lipinski definition) is 2. The van der Waals surface area contributed by atoms with Crippen LogP contribution in [0.5, 0.6) is 0 Å². The number of hydrogen-bond acceptors (Lipinski definition) is 3. The molecule has 0 aromatic heterocycles. The first-order valence-electron chi connectivity index (χ1n) is 7.37. The number of carbonyl (C=O) groups excluding carboxylic acids is 3. The van der Waals surface area contributed by atoms with Gasteiger partial charge in [-0.2, -0.15) is 0 Å². The molecule has 2 aromatic rings. The maximum atomic E-state index is 13.6. The van der Waals surface area contributed by atoms with Crippen LogP contribution in [0.25, 0.3) is 0 Å². The lowest BCUT2D eigenvalue weighted by molar-refractivity contribution is -0.125.